The molecule has 0 aliphatic rings. The number of hydrogen-bond acceptors (Lipinski definition) is 15. The van der Waals surface area contributed by atoms with E-state index in [1.165, 1.54) is 0 Å². The number of nitrogens with one attached hydrogen (secondary N) is 3. The molecule has 2 atom stereocenters. The van der Waals surface area contributed by atoms with E-state index >= 15 is 0 Å². The van der Waals surface area contributed by atoms with Gasteiger partial charge in [-0.05, 0) is 12.8 Å². The molecule has 15 nitrogen and oxygen atoms in total. The summed E-state index contributed by atoms with van der Waals surface area (Å²) >= 11 is 0. The van der Waals surface area contributed by atoms with Gasteiger partial charge < -0.3 is 68.7 Å². The molecule has 2 unspecified atom stereocenters. The van der Waals surface area contributed by atoms with Crippen LogP contribution in [0.1, 0.15) is 12.8 Å². The van der Waals surface area contributed by atoms with Crippen molar-refractivity contribution in [1.29, 1.82) is 0 Å². The molecule has 0 radical (unpaired) electrons. The van der Waals surface area contributed by atoms with Crippen LogP contribution in [-0.2, 0) is 9.47 Å². The molecule has 0 rings (SSSR count). The summed E-state index contributed by atoms with van der Waals surface area (Å²) in [4.78, 5) is 2.06. The van der Waals surface area contributed by atoms with Gasteiger partial charge >= 0.3 is 0 Å². The number of hydrogen-bond donors (Lipinski definition) is 12. The largest absolute Gasteiger partial charge is 0.389 e. The van der Waals surface area contributed by atoms with E-state index < -0.39 is 33.9 Å². The summed E-state index contributed by atoms with van der Waals surface area (Å²) in [5, 5.41) is 30.0. The van der Waals surface area contributed by atoms with E-state index in [9.17, 15) is 10.2 Å². The third-order valence-electron chi connectivity index (χ3n) is 4.89. The predicted octanol–water partition coefficient (Wildman–Crippen LogP) is -1.00. The van der Waals surface area contributed by atoms with Gasteiger partial charge in [-0.25, -0.2) is 0 Å². The topological polar surface area (TPSA) is 246 Å². The second kappa shape index (κ2) is 22.9. The fourth-order valence-corrected chi connectivity index (χ4v) is 4.13. The Bertz CT molecular complexity index is 521. The van der Waals surface area contributed by atoms with Gasteiger partial charge in [-0.15, -0.1) is 0 Å². The molecule has 0 aliphatic heterocycles. The van der Waals surface area contributed by atoms with Gasteiger partial charge in [-0.2, -0.15) is 0 Å². The summed E-state index contributed by atoms with van der Waals surface area (Å²) in [6.07, 6.45) is -0.971. The number of aliphatic hydroxyl groups is 2. The van der Waals surface area contributed by atoms with Crippen molar-refractivity contribution in [3.63, 3.8) is 0 Å². The first kappa shape index (κ1) is 37.1. The zero-order valence-corrected chi connectivity index (χ0v) is 23.3. The van der Waals surface area contributed by atoms with Crippen LogP contribution < -0.4 is 21.7 Å². The maximum atomic E-state index is 10.3. The Labute approximate surface area is 223 Å². The van der Waals surface area contributed by atoms with E-state index in [1.54, 1.807) is 0 Å². The van der Waals surface area contributed by atoms with E-state index in [0.717, 1.165) is 19.6 Å². The van der Waals surface area contributed by atoms with Crippen molar-refractivity contribution in [2.45, 2.75) is 25.0 Å². The molecule has 0 heterocycles. The van der Waals surface area contributed by atoms with Crippen molar-refractivity contribution in [2.24, 2.45) is 5.73 Å². The lowest BCUT2D eigenvalue weighted by Crippen LogP contribution is -2.44. The predicted molar refractivity (Wildman–Crippen MR) is 148 cm³/mol. The average molecular weight is 586 g/mol. The molecule has 0 aromatic carbocycles. The Balaban J connectivity index is 4.21. The summed E-state index contributed by atoms with van der Waals surface area (Å²) < 4.78 is 64.2. The Morgan fingerprint density at radius 2 is 1.16 bits per heavy atom. The highest BCUT2D eigenvalue weighted by Gasteiger charge is 2.14. The molecule has 0 bridgehead atoms. The van der Waals surface area contributed by atoms with Gasteiger partial charge in [0.25, 0.3) is 0 Å². The summed E-state index contributed by atoms with van der Waals surface area (Å²) in [6.45, 7) is 6.67. The molecule has 0 saturated heterocycles. The summed E-state index contributed by atoms with van der Waals surface area (Å²) in [7, 11) is -7.04. The maximum absolute atomic E-state index is 10.3. The lowest BCUT2D eigenvalue weighted by Gasteiger charge is -2.26. The average Bonchev–Trinajstić information content (AvgIpc) is 2.79. The zero-order valence-electron chi connectivity index (χ0n) is 21.6. The highest BCUT2D eigenvalue weighted by molar-refractivity contribution is 8.19. The Morgan fingerprint density at radius 1 is 0.676 bits per heavy atom. The molecule has 0 aromatic heterocycles. The molecular weight excluding hydrogens is 534 g/mol. The van der Waals surface area contributed by atoms with E-state index in [2.05, 4.69) is 20.9 Å². The maximum Gasteiger partial charge on any atom is 0.0900 e. The van der Waals surface area contributed by atoms with Gasteiger partial charge in [0.2, 0.25) is 0 Å². The van der Waals surface area contributed by atoms with Crippen LogP contribution in [0.3, 0.4) is 0 Å². The molecule has 13 N–H and O–H groups in total. The first-order chi connectivity index (χ1) is 17.4. The monoisotopic (exact) mass is 585 g/mol. The number of nitrogens with two attached hydrogens (primary N) is 1. The van der Waals surface area contributed by atoms with Crippen LogP contribution in [-0.4, -0.2) is 158 Å². The summed E-state index contributed by atoms with van der Waals surface area (Å²) in [5.74, 6) is -0.331. The molecule has 0 spiro atoms. The van der Waals surface area contributed by atoms with Gasteiger partial charge in [0.15, 0.2) is 0 Å². The SMILES string of the molecule is NCCNCCNCCN(CCNCC(O)COCCCS(O)(O)O)CC(O)COCCCS(O)(O)O. The van der Waals surface area contributed by atoms with Crippen LogP contribution in [0.2, 0.25) is 0 Å². The van der Waals surface area contributed by atoms with E-state index in [0.29, 0.717) is 45.8 Å². The minimum absolute atomic E-state index is 0.0744. The number of ether oxygens (including phenoxy) is 2. The molecule has 228 valence electrons. The highest BCUT2D eigenvalue weighted by atomic mass is 32.3. The van der Waals surface area contributed by atoms with Gasteiger partial charge in [0.05, 0.1) is 47.2 Å². The van der Waals surface area contributed by atoms with Crippen LogP contribution >= 0.6 is 21.7 Å². The van der Waals surface area contributed by atoms with Crippen molar-refractivity contribution >= 4 is 21.7 Å². The normalized spacial score (nSPS) is 15.3. The first-order valence-electron chi connectivity index (χ1n) is 12.5. The Hall–Kier alpha value is 0.1000. The summed E-state index contributed by atoms with van der Waals surface area (Å²) in [5.41, 5.74) is 5.44. The third kappa shape index (κ3) is 28.9. The number of aliphatic hydroxyl groups excluding tert-OH is 2. The molecule has 37 heavy (non-hydrogen) atoms. The molecular formula is C20H51N5O10S2. The van der Waals surface area contributed by atoms with Gasteiger partial charge in [-0.1, -0.05) is 0 Å². The minimum Gasteiger partial charge on any atom is -0.389 e. The quantitative estimate of drug-likeness (QED) is 0.0517. The van der Waals surface area contributed by atoms with Crippen molar-refractivity contribution in [2.75, 3.05) is 103 Å². The van der Waals surface area contributed by atoms with Crippen LogP contribution in [0.4, 0.5) is 0 Å². The number of rotatable bonds is 27. The Morgan fingerprint density at radius 3 is 1.68 bits per heavy atom. The smallest absolute Gasteiger partial charge is 0.0900 e. The lowest BCUT2D eigenvalue weighted by molar-refractivity contribution is 0.0165. The third-order valence-corrected chi connectivity index (χ3v) is 6.57. The van der Waals surface area contributed by atoms with E-state index in [-0.39, 0.29) is 50.8 Å². The van der Waals surface area contributed by atoms with Crippen LogP contribution in [0.15, 0.2) is 0 Å². The van der Waals surface area contributed by atoms with Crippen molar-refractivity contribution in [3.8, 4) is 0 Å². The molecule has 0 aliphatic carbocycles. The molecule has 17 heteroatoms. The van der Waals surface area contributed by atoms with Crippen molar-refractivity contribution in [1.82, 2.24) is 20.9 Å². The highest BCUT2D eigenvalue weighted by Crippen LogP contribution is 2.33. The van der Waals surface area contributed by atoms with Gasteiger partial charge in [0.1, 0.15) is 0 Å². The van der Waals surface area contributed by atoms with Gasteiger partial charge in [-0.3, -0.25) is 4.90 Å². The Kier molecular flexibility index (Phi) is 22.9. The lowest BCUT2D eigenvalue weighted by atomic mass is 10.3. The first-order valence-corrected chi connectivity index (χ1v) is 15.8. The van der Waals surface area contributed by atoms with E-state index in [1.807, 2.05) is 0 Å². The fraction of sp³-hybridized carbons (Fsp3) is 1.00. The number of nitrogens with zero attached hydrogens (tertiary/aromatic N) is 1. The molecule has 0 fully saturated rings. The second-order valence-electron chi connectivity index (χ2n) is 8.63. The standard InChI is InChI=1S/C20H51N5O10S2/c21-3-4-22-5-6-23-7-9-25(16-20(27)18-35-12-2-14-37(31,32)33)10-8-24-15-19(26)17-34-11-1-13-36(28,29)30/h19-20,22-24,26-33H,1-18,21H2. The summed E-state index contributed by atoms with van der Waals surface area (Å²) in [6, 6.07) is 0. The van der Waals surface area contributed by atoms with Crippen molar-refractivity contribution < 1.29 is 47.0 Å². The molecule has 0 saturated carbocycles. The van der Waals surface area contributed by atoms with Crippen LogP contribution in [0.5, 0.6) is 0 Å². The van der Waals surface area contributed by atoms with Gasteiger partial charge in [0, 0.05) is 90.2 Å². The van der Waals surface area contributed by atoms with E-state index in [4.69, 9.17) is 42.5 Å². The zero-order chi connectivity index (χ0) is 28.0. The van der Waals surface area contributed by atoms with Crippen molar-refractivity contribution in [3.05, 3.63) is 0 Å². The van der Waals surface area contributed by atoms with Crippen LogP contribution in [0, 0.1) is 0 Å². The molecule has 0 aromatic rings. The fourth-order valence-electron chi connectivity index (χ4n) is 3.12. The minimum atomic E-state index is -3.52. The second-order valence-corrected chi connectivity index (χ2v) is 12.0. The van der Waals surface area contributed by atoms with Crippen LogP contribution in [0.25, 0.3) is 0 Å². The molecule has 0 amide bonds.